The Balaban J connectivity index is 1.81. The van der Waals surface area contributed by atoms with Crippen molar-refractivity contribution in [2.24, 2.45) is 5.92 Å². The predicted octanol–water partition coefficient (Wildman–Crippen LogP) is 4.84. The van der Waals surface area contributed by atoms with E-state index in [0.29, 0.717) is 18.8 Å². The van der Waals surface area contributed by atoms with E-state index >= 15 is 0 Å². The van der Waals surface area contributed by atoms with Crippen LogP contribution < -0.4 is 4.90 Å². The topological polar surface area (TPSA) is 51.0 Å². The van der Waals surface area contributed by atoms with Crippen molar-refractivity contribution >= 4 is 11.9 Å². The lowest BCUT2D eigenvalue weighted by Gasteiger charge is -2.39. The van der Waals surface area contributed by atoms with E-state index < -0.39 is 0 Å². The number of amides is 1. The van der Waals surface area contributed by atoms with E-state index in [1.807, 2.05) is 20.8 Å². The number of aryl methyl sites for hydroxylation is 1. The van der Waals surface area contributed by atoms with Gasteiger partial charge in [-0.15, -0.1) is 0 Å². The number of hydrogen-bond donors (Lipinski definition) is 0. The number of halogens is 1. The van der Waals surface area contributed by atoms with Crippen LogP contribution in [0.15, 0.2) is 54.9 Å². The number of rotatable bonds is 4. The molecule has 0 aliphatic carbocycles. The molecule has 1 aliphatic heterocycles. The van der Waals surface area contributed by atoms with Crippen molar-refractivity contribution < 1.29 is 9.18 Å². The van der Waals surface area contributed by atoms with Gasteiger partial charge in [-0.2, -0.15) is 10.1 Å². The Morgan fingerprint density at radius 3 is 2.34 bits per heavy atom. The number of benzene rings is 2. The maximum atomic E-state index is 13.5. The molecule has 6 heteroatoms. The minimum Gasteiger partial charge on any atom is -0.274 e. The van der Waals surface area contributed by atoms with Gasteiger partial charge in [0, 0.05) is 6.42 Å². The molecule has 0 N–H and O–H groups in total. The van der Waals surface area contributed by atoms with Crippen LogP contribution in [0.2, 0.25) is 0 Å². The molecule has 5 nitrogen and oxygen atoms in total. The third kappa shape index (κ3) is 3.79. The molecule has 0 spiro atoms. The Labute approximate surface area is 170 Å². The zero-order valence-electron chi connectivity index (χ0n) is 16.9. The summed E-state index contributed by atoms with van der Waals surface area (Å²) in [4.78, 5) is 19.4. The van der Waals surface area contributed by atoms with Gasteiger partial charge in [-0.1, -0.05) is 55.8 Å². The molecule has 29 heavy (non-hydrogen) atoms. The number of aromatic nitrogens is 3. The maximum Gasteiger partial charge on any atom is 0.231 e. The number of carbonyl (C=O) groups is 1. The summed E-state index contributed by atoms with van der Waals surface area (Å²) < 4.78 is 15.3. The fourth-order valence-corrected chi connectivity index (χ4v) is 3.96. The molecule has 0 fully saturated rings. The minimum absolute atomic E-state index is 0.0392. The number of hydrogen-bond acceptors (Lipinski definition) is 3. The minimum atomic E-state index is -0.271. The van der Waals surface area contributed by atoms with E-state index in [0.717, 1.165) is 11.1 Å². The third-order valence-electron chi connectivity index (χ3n) is 5.39. The number of carbonyl (C=O) groups excluding carboxylic acids is 1. The van der Waals surface area contributed by atoms with Gasteiger partial charge in [-0.05, 0) is 42.5 Å². The van der Waals surface area contributed by atoms with Gasteiger partial charge >= 0.3 is 0 Å². The van der Waals surface area contributed by atoms with E-state index in [4.69, 9.17) is 0 Å². The van der Waals surface area contributed by atoms with E-state index in [9.17, 15) is 9.18 Å². The molecule has 1 aliphatic rings. The quantitative estimate of drug-likeness (QED) is 0.638. The molecule has 0 radical (unpaired) electrons. The molecule has 0 unspecified atom stereocenters. The molecular weight excluding hydrogens is 367 g/mol. The van der Waals surface area contributed by atoms with Crippen molar-refractivity contribution in [1.29, 1.82) is 0 Å². The van der Waals surface area contributed by atoms with Crippen LogP contribution in [0.4, 0.5) is 10.3 Å². The number of nitrogens with zero attached hydrogens (tertiary/aromatic N) is 4. The lowest BCUT2D eigenvalue weighted by molar-refractivity contribution is -0.120. The Morgan fingerprint density at radius 1 is 1.07 bits per heavy atom. The first-order valence-electron chi connectivity index (χ1n) is 9.97. The monoisotopic (exact) mass is 392 g/mol. The van der Waals surface area contributed by atoms with Gasteiger partial charge in [0.25, 0.3) is 0 Å². The van der Waals surface area contributed by atoms with E-state index in [-0.39, 0.29) is 29.7 Å². The average Bonchev–Trinajstić information content (AvgIpc) is 3.17. The van der Waals surface area contributed by atoms with E-state index in [1.165, 1.54) is 24.0 Å². The smallest absolute Gasteiger partial charge is 0.231 e. The summed E-state index contributed by atoms with van der Waals surface area (Å²) in [7, 11) is 0. The molecule has 2 heterocycles. The van der Waals surface area contributed by atoms with Crippen molar-refractivity contribution in [3.05, 3.63) is 77.4 Å². The second-order valence-electron chi connectivity index (χ2n) is 8.10. The van der Waals surface area contributed by atoms with Crippen molar-refractivity contribution in [3.8, 4) is 0 Å². The second-order valence-corrected chi connectivity index (χ2v) is 8.10. The van der Waals surface area contributed by atoms with Gasteiger partial charge in [0.15, 0.2) is 0 Å². The molecule has 0 bridgehead atoms. The second kappa shape index (κ2) is 7.78. The first kappa shape index (κ1) is 19.3. The number of fused-ring (bicyclic) bond motifs is 1. The van der Waals surface area contributed by atoms with Gasteiger partial charge in [0.05, 0.1) is 12.1 Å². The van der Waals surface area contributed by atoms with Gasteiger partial charge < -0.3 is 0 Å². The lowest BCUT2D eigenvalue weighted by Crippen LogP contribution is -2.43. The average molecular weight is 392 g/mol. The van der Waals surface area contributed by atoms with Crippen LogP contribution >= 0.6 is 0 Å². The Morgan fingerprint density at radius 2 is 1.69 bits per heavy atom. The molecule has 3 aromatic rings. The summed E-state index contributed by atoms with van der Waals surface area (Å²) in [6, 6.07) is 14.5. The van der Waals surface area contributed by atoms with Crippen LogP contribution in [0.5, 0.6) is 0 Å². The summed E-state index contributed by atoms with van der Waals surface area (Å²) in [6.45, 7) is 6.12. The van der Waals surface area contributed by atoms with Crippen LogP contribution in [-0.2, 0) is 4.79 Å². The molecule has 1 aromatic heterocycles. The first-order valence-corrected chi connectivity index (χ1v) is 9.97. The fourth-order valence-electron chi connectivity index (χ4n) is 3.96. The van der Waals surface area contributed by atoms with Crippen LogP contribution in [0, 0.1) is 18.7 Å². The Kier molecular flexibility index (Phi) is 5.18. The normalized spacial score (nSPS) is 18.7. The van der Waals surface area contributed by atoms with Crippen LogP contribution in [-0.4, -0.2) is 20.7 Å². The van der Waals surface area contributed by atoms with Gasteiger partial charge in [0.1, 0.15) is 12.1 Å². The molecule has 150 valence electrons. The van der Waals surface area contributed by atoms with E-state index in [1.54, 1.807) is 21.7 Å². The standard InChI is InChI=1S/C23H25FN4O/c1-15(2)12-22(29)27-20(17-6-4-16(3)5-7-17)13-21(28-23(27)25-14-26-28)18-8-10-19(24)11-9-18/h4-11,14-15,20-21H,12-13H2,1-3H3/t20-,21+/m1/s1. The van der Waals surface area contributed by atoms with Crippen molar-refractivity contribution in [2.45, 2.75) is 45.7 Å². The van der Waals surface area contributed by atoms with Gasteiger partial charge in [0.2, 0.25) is 11.9 Å². The first-order chi connectivity index (χ1) is 13.9. The Hall–Kier alpha value is -3.02. The van der Waals surface area contributed by atoms with Crippen LogP contribution in [0.3, 0.4) is 0 Å². The summed E-state index contributed by atoms with van der Waals surface area (Å²) in [5.41, 5.74) is 3.18. The summed E-state index contributed by atoms with van der Waals surface area (Å²) in [6.07, 6.45) is 2.57. The SMILES string of the molecule is Cc1ccc([C@H]2C[C@@H](c3ccc(F)cc3)n3ncnc3N2C(=O)CC(C)C)cc1. The van der Waals surface area contributed by atoms with Gasteiger partial charge in [-0.3, -0.25) is 9.69 Å². The molecule has 0 saturated carbocycles. The van der Waals surface area contributed by atoms with Crippen molar-refractivity contribution in [2.75, 3.05) is 4.90 Å². The highest BCUT2D eigenvalue weighted by Gasteiger charge is 2.39. The fraction of sp³-hybridized carbons (Fsp3) is 0.348. The lowest BCUT2D eigenvalue weighted by atomic mass is 9.91. The zero-order chi connectivity index (χ0) is 20.5. The molecule has 4 rings (SSSR count). The molecule has 0 saturated heterocycles. The van der Waals surface area contributed by atoms with Crippen LogP contribution in [0.1, 0.15) is 55.5 Å². The molecular formula is C23H25FN4O. The highest BCUT2D eigenvalue weighted by molar-refractivity contribution is 5.93. The predicted molar refractivity (Wildman–Crippen MR) is 110 cm³/mol. The Bertz CT molecular complexity index is 994. The van der Waals surface area contributed by atoms with Crippen LogP contribution in [0.25, 0.3) is 0 Å². The zero-order valence-corrected chi connectivity index (χ0v) is 16.9. The maximum absolute atomic E-state index is 13.5. The summed E-state index contributed by atoms with van der Waals surface area (Å²) in [5.74, 6) is 0.554. The largest absolute Gasteiger partial charge is 0.274 e. The third-order valence-corrected chi connectivity index (χ3v) is 5.39. The molecule has 2 atom stereocenters. The van der Waals surface area contributed by atoms with Gasteiger partial charge in [-0.25, -0.2) is 9.07 Å². The highest BCUT2D eigenvalue weighted by Crippen LogP contribution is 2.42. The van der Waals surface area contributed by atoms with Crippen molar-refractivity contribution in [1.82, 2.24) is 14.8 Å². The van der Waals surface area contributed by atoms with E-state index in [2.05, 4.69) is 34.3 Å². The number of anilines is 1. The molecule has 2 aromatic carbocycles. The summed E-state index contributed by atoms with van der Waals surface area (Å²) in [5, 5.41) is 4.41. The molecule has 1 amide bonds. The summed E-state index contributed by atoms with van der Waals surface area (Å²) >= 11 is 0. The van der Waals surface area contributed by atoms with Crippen molar-refractivity contribution in [3.63, 3.8) is 0 Å². The highest BCUT2D eigenvalue weighted by atomic mass is 19.1.